The average Bonchev–Trinajstić information content (AvgIpc) is 2.53. The summed E-state index contributed by atoms with van der Waals surface area (Å²) >= 11 is 1.23. The van der Waals surface area contributed by atoms with Crippen molar-refractivity contribution in [2.24, 2.45) is 0 Å². The Bertz CT molecular complexity index is 709. The molecule has 1 aromatic carbocycles. The second-order valence-corrected chi connectivity index (χ2v) is 5.54. The summed E-state index contributed by atoms with van der Waals surface area (Å²) in [5, 5.41) is 9.87. The number of ether oxygens (including phenoxy) is 1. The van der Waals surface area contributed by atoms with Gasteiger partial charge < -0.3 is 4.74 Å². The highest BCUT2D eigenvalue weighted by Gasteiger charge is 2.13. The lowest BCUT2D eigenvalue weighted by Crippen LogP contribution is -2.07. The molecule has 0 spiro atoms. The number of rotatable bonds is 5. The van der Waals surface area contributed by atoms with Crippen LogP contribution in [-0.4, -0.2) is 23.3 Å². The number of hydrogen-bond donors (Lipinski definition) is 0. The Morgan fingerprint density at radius 3 is 2.73 bits per heavy atom. The van der Waals surface area contributed by atoms with Crippen LogP contribution in [0.5, 0.6) is 0 Å². The van der Waals surface area contributed by atoms with E-state index in [0.717, 1.165) is 16.8 Å². The van der Waals surface area contributed by atoms with Crippen LogP contribution in [0.1, 0.15) is 18.1 Å². The number of thioether (sulfide) groups is 1. The number of benzene rings is 1. The first-order valence-electron chi connectivity index (χ1n) is 6.91. The van der Waals surface area contributed by atoms with Crippen molar-refractivity contribution < 1.29 is 9.53 Å². The fourth-order valence-corrected chi connectivity index (χ4v) is 2.82. The van der Waals surface area contributed by atoms with Crippen LogP contribution in [0.15, 0.2) is 41.4 Å². The summed E-state index contributed by atoms with van der Waals surface area (Å²) in [6.07, 6.45) is 0. The van der Waals surface area contributed by atoms with Gasteiger partial charge in [0.1, 0.15) is 11.1 Å². The molecule has 2 aromatic rings. The number of hydrogen-bond acceptors (Lipinski definition) is 5. The van der Waals surface area contributed by atoms with Gasteiger partial charge >= 0.3 is 5.97 Å². The van der Waals surface area contributed by atoms with Gasteiger partial charge in [-0.25, -0.2) is 4.98 Å². The molecule has 2 rings (SSSR count). The average molecular weight is 312 g/mol. The molecular weight excluding hydrogens is 296 g/mol. The molecule has 0 aliphatic rings. The number of aryl methyl sites for hydroxylation is 1. The van der Waals surface area contributed by atoms with E-state index in [9.17, 15) is 10.1 Å². The van der Waals surface area contributed by atoms with Crippen molar-refractivity contribution in [3.8, 4) is 17.3 Å². The number of esters is 1. The topological polar surface area (TPSA) is 63.0 Å². The third-order valence-electron chi connectivity index (χ3n) is 3.00. The number of aromatic nitrogens is 1. The van der Waals surface area contributed by atoms with E-state index in [-0.39, 0.29) is 11.7 Å². The van der Waals surface area contributed by atoms with Crippen molar-refractivity contribution in [2.75, 3.05) is 12.4 Å². The molecule has 1 heterocycles. The van der Waals surface area contributed by atoms with E-state index in [0.29, 0.717) is 17.2 Å². The molecule has 0 aliphatic heterocycles. The van der Waals surface area contributed by atoms with Crippen LogP contribution in [0, 0.1) is 18.3 Å². The molecule has 0 amide bonds. The van der Waals surface area contributed by atoms with Crippen LogP contribution < -0.4 is 0 Å². The molecule has 0 aliphatic carbocycles. The number of nitriles is 1. The molecule has 0 radical (unpaired) electrons. The second-order valence-electron chi connectivity index (χ2n) is 4.58. The lowest BCUT2D eigenvalue weighted by Gasteiger charge is -2.09. The predicted molar refractivity (Wildman–Crippen MR) is 86.5 cm³/mol. The molecule has 0 bridgehead atoms. The Balaban J connectivity index is 2.33. The van der Waals surface area contributed by atoms with E-state index in [1.54, 1.807) is 6.92 Å². The smallest absolute Gasteiger partial charge is 0.316 e. The lowest BCUT2D eigenvalue weighted by molar-refractivity contribution is -0.139. The number of nitrogens with zero attached hydrogens (tertiary/aromatic N) is 2. The zero-order valence-electron chi connectivity index (χ0n) is 12.5. The first-order valence-corrected chi connectivity index (χ1v) is 7.89. The minimum absolute atomic E-state index is 0.146. The third-order valence-corrected chi connectivity index (χ3v) is 3.95. The predicted octanol–water partition coefficient (Wildman–Crippen LogP) is 3.58. The van der Waals surface area contributed by atoms with Gasteiger partial charge in [-0.3, -0.25) is 4.79 Å². The fourth-order valence-electron chi connectivity index (χ4n) is 1.97. The highest BCUT2D eigenvalue weighted by molar-refractivity contribution is 7.99. The zero-order chi connectivity index (χ0) is 15.9. The van der Waals surface area contributed by atoms with Crippen molar-refractivity contribution in [3.63, 3.8) is 0 Å². The van der Waals surface area contributed by atoms with Gasteiger partial charge in [-0.05, 0) is 25.5 Å². The zero-order valence-corrected chi connectivity index (χ0v) is 13.3. The molecule has 0 saturated heterocycles. The Morgan fingerprint density at radius 2 is 2.09 bits per heavy atom. The van der Waals surface area contributed by atoms with Gasteiger partial charge in [0, 0.05) is 5.56 Å². The molecule has 22 heavy (non-hydrogen) atoms. The normalized spacial score (nSPS) is 10.0. The van der Waals surface area contributed by atoms with E-state index >= 15 is 0 Å². The van der Waals surface area contributed by atoms with Crippen molar-refractivity contribution in [3.05, 3.63) is 47.5 Å². The first-order chi connectivity index (χ1) is 10.7. The molecule has 0 unspecified atom stereocenters. The van der Waals surface area contributed by atoms with Crippen molar-refractivity contribution in [1.82, 2.24) is 4.98 Å². The summed E-state index contributed by atoms with van der Waals surface area (Å²) in [6.45, 7) is 3.99. The largest absolute Gasteiger partial charge is 0.465 e. The number of carbonyl (C=O) groups excluding carboxylic acids is 1. The summed E-state index contributed by atoms with van der Waals surface area (Å²) < 4.78 is 4.91. The van der Waals surface area contributed by atoms with Crippen molar-refractivity contribution in [1.29, 1.82) is 5.26 Å². The van der Waals surface area contributed by atoms with Gasteiger partial charge in [0.2, 0.25) is 0 Å². The molecule has 0 N–H and O–H groups in total. The van der Waals surface area contributed by atoms with Crippen LogP contribution >= 0.6 is 11.8 Å². The van der Waals surface area contributed by atoms with E-state index in [1.165, 1.54) is 11.8 Å². The fraction of sp³-hybridized carbons (Fsp3) is 0.235. The molecule has 0 atom stereocenters. The van der Waals surface area contributed by atoms with E-state index in [1.807, 2.05) is 43.3 Å². The molecular formula is C17H16N2O2S. The minimum Gasteiger partial charge on any atom is -0.465 e. The van der Waals surface area contributed by atoms with E-state index in [4.69, 9.17) is 4.74 Å². The van der Waals surface area contributed by atoms with Crippen LogP contribution in [0.4, 0.5) is 0 Å². The van der Waals surface area contributed by atoms with Gasteiger partial charge in [-0.15, -0.1) is 0 Å². The van der Waals surface area contributed by atoms with Gasteiger partial charge in [0.15, 0.2) is 0 Å². The first kappa shape index (κ1) is 16.1. The van der Waals surface area contributed by atoms with Crippen LogP contribution in [0.2, 0.25) is 0 Å². The monoisotopic (exact) mass is 312 g/mol. The standard InChI is InChI=1S/C17H16N2O2S/c1-3-21-16(20)11-22-17-14(10-18)12(2)9-15(19-17)13-7-5-4-6-8-13/h4-9H,3,11H2,1-2H3. The van der Waals surface area contributed by atoms with Crippen LogP contribution in [0.25, 0.3) is 11.3 Å². The van der Waals surface area contributed by atoms with Gasteiger partial charge in [-0.1, -0.05) is 42.1 Å². The van der Waals surface area contributed by atoms with Crippen LogP contribution in [-0.2, 0) is 9.53 Å². The third kappa shape index (κ3) is 3.86. The maximum absolute atomic E-state index is 11.5. The van der Waals surface area contributed by atoms with Crippen LogP contribution in [0.3, 0.4) is 0 Å². The summed E-state index contributed by atoms with van der Waals surface area (Å²) in [6, 6.07) is 13.8. The molecule has 5 heteroatoms. The quantitative estimate of drug-likeness (QED) is 0.623. The van der Waals surface area contributed by atoms with E-state index in [2.05, 4.69) is 11.1 Å². The summed E-state index contributed by atoms with van der Waals surface area (Å²) in [5.41, 5.74) is 3.13. The van der Waals surface area contributed by atoms with Crippen molar-refractivity contribution >= 4 is 17.7 Å². The van der Waals surface area contributed by atoms with Crippen molar-refractivity contribution in [2.45, 2.75) is 18.9 Å². The summed E-state index contributed by atoms with van der Waals surface area (Å²) in [7, 11) is 0. The number of pyridine rings is 1. The molecule has 1 aromatic heterocycles. The molecule has 4 nitrogen and oxygen atoms in total. The Hall–Kier alpha value is -2.32. The summed E-state index contributed by atoms with van der Waals surface area (Å²) in [4.78, 5) is 16.0. The van der Waals surface area contributed by atoms with Gasteiger partial charge in [-0.2, -0.15) is 5.26 Å². The molecule has 0 saturated carbocycles. The lowest BCUT2D eigenvalue weighted by atomic mass is 10.1. The maximum Gasteiger partial charge on any atom is 0.316 e. The van der Waals surface area contributed by atoms with Gasteiger partial charge in [0.25, 0.3) is 0 Å². The highest BCUT2D eigenvalue weighted by Crippen LogP contribution is 2.28. The molecule has 0 fully saturated rings. The Morgan fingerprint density at radius 1 is 1.36 bits per heavy atom. The van der Waals surface area contributed by atoms with E-state index < -0.39 is 0 Å². The molecule has 112 valence electrons. The summed E-state index contributed by atoms with van der Waals surface area (Å²) in [5.74, 6) is -0.159. The SMILES string of the molecule is CCOC(=O)CSc1nc(-c2ccccc2)cc(C)c1C#N. The van der Waals surface area contributed by atoms with Gasteiger partial charge in [0.05, 0.1) is 23.6 Å². The Kier molecular flexibility index (Phi) is 5.56. The minimum atomic E-state index is -0.305. The second kappa shape index (κ2) is 7.62. The highest BCUT2D eigenvalue weighted by atomic mass is 32.2. The number of carbonyl (C=O) groups is 1. The Labute approximate surface area is 134 Å². The maximum atomic E-state index is 11.5.